The third-order valence-corrected chi connectivity index (χ3v) is 2.61. The van der Waals surface area contributed by atoms with Gasteiger partial charge in [0.25, 0.3) is 0 Å². The van der Waals surface area contributed by atoms with E-state index in [1.165, 1.54) is 12.1 Å². The highest BCUT2D eigenvalue weighted by atomic mass is 19.1. The minimum Gasteiger partial charge on any atom is -0.488 e. The van der Waals surface area contributed by atoms with Crippen LogP contribution >= 0.6 is 0 Å². The van der Waals surface area contributed by atoms with E-state index < -0.39 is 12.9 Å². The second-order valence-corrected chi connectivity index (χ2v) is 4.05. The maximum absolute atomic E-state index is 13.2. The lowest BCUT2D eigenvalue weighted by Gasteiger charge is -2.23. The number of ether oxygens (including phenoxy) is 2. The topological polar surface area (TPSA) is 58.9 Å². The number of hydrogen-bond acceptors (Lipinski definition) is 4. The SMILES string of the molecule is OB(O)c1cc(F)cc(OC2CCCOC2)c1. The van der Waals surface area contributed by atoms with Gasteiger partial charge in [0.15, 0.2) is 0 Å². The van der Waals surface area contributed by atoms with E-state index in [4.69, 9.17) is 19.5 Å². The van der Waals surface area contributed by atoms with Crippen LogP contribution in [-0.4, -0.2) is 36.5 Å². The highest BCUT2D eigenvalue weighted by molar-refractivity contribution is 6.58. The molecule has 1 atom stereocenters. The van der Waals surface area contributed by atoms with Gasteiger partial charge in [0.1, 0.15) is 17.7 Å². The molecule has 1 heterocycles. The minimum atomic E-state index is -1.70. The van der Waals surface area contributed by atoms with Crippen LogP contribution in [-0.2, 0) is 4.74 Å². The normalized spacial score (nSPS) is 20.1. The summed E-state index contributed by atoms with van der Waals surface area (Å²) in [6, 6.07) is 3.71. The Morgan fingerprint density at radius 1 is 1.35 bits per heavy atom. The molecule has 2 rings (SSSR count). The van der Waals surface area contributed by atoms with Crippen molar-refractivity contribution in [3.63, 3.8) is 0 Å². The Kier molecular flexibility index (Phi) is 3.99. The fourth-order valence-corrected chi connectivity index (χ4v) is 1.80. The summed E-state index contributed by atoms with van der Waals surface area (Å²) < 4.78 is 24.0. The monoisotopic (exact) mass is 240 g/mol. The summed E-state index contributed by atoms with van der Waals surface area (Å²) in [5.74, 6) is -0.258. The Morgan fingerprint density at radius 3 is 2.82 bits per heavy atom. The molecule has 1 aromatic rings. The average Bonchev–Trinajstić information content (AvgIpc) is 2.29. The summed E-state index contributed by atoms with van der Waals surface area (Å²) in [6.45, 7) is 1.21. The molecule has 1 saturated heterocycles. The van der Waals surface area contributed by atoms with Crippen LogP contribution in [0.1, 0.15) is 12.8 Å². The van der Waals surface area contributed by atoms with Crippen molar-refractivity contribution in [1.29, 1.82) is 0 Å². The summed E-state index contributed by atoms with van der Waals surface area (Å²) in [6.07, 6.45) is 1.66. The Hall–Kier alpha value is -1.11. The molecule has 0 bridgehead atoms. The van der Waals surface area contributed by atoms with Crippen LogP contribution in [0.3, 0.4) is 0 Å². The molecule has 17 heavy (non-hydrogen) atoms. The fraction of sp³-hybridized carbons (Fsp3) is 0.455. The summed E-state index contributed by atoms with van der Waals surface area (Å²) in [5.41, 5.74) is 0.0803. The van der Waals surface area contributed by atoms with Gasteiger partial charge >= 0.3 is 7.12 Å². The van der Waals surface area contributed by atoms with Gasteiger partial charge in [0.2, 0.25) is 0 Å². The number of halogens is 1. The van der Waals surface area contributed by atoms with Crippen molar-refractivity contribution in [2.75, 3.05) is 13.2 Å². The molecule has 1 unspecified atom stereocenters. The first-order valence-electron chi connectivity index (χ1n) is 5.56. The zero-order chi connectivity index (χ0) is 12.3. The third-order valence-electron chi connectivity index (χ3n) is 2.61. The zero-order valence-corrected chi connectivity index (χ0v) is 9.30. The predicted molar refractivity (Wildman–Crippen MR) is 60.7 cm³/mol. The first kappa shape index (κ1) is 12.4. The summed E-state index contributed by atoms with van der Waals surface area (Å²) >= 11 is 0. The molecule has 0 saturated carbocycles. The molecule has 1 aromatic carbocycles. The Bertz CT molecular complexity index is 380. The smallest absolute Gasteiger partial charge is 0.488 e. The van der Waals surface area contributed by atoms with Crippen molar-refractivity contribution in [3.8, 4) is 5.75 Å². The Morgan fingerprint density at radius 2 is 2.18 bits per heavy atom. The first-order chi connectivity index (χ1) is 8.15. The number of benzene rings is 1. The van der Waals surface area contributed by atoms with Crippen LogP contribution < -0.4 is 10.2 Å². The number of rotatable bonds is 3. The lowest BCUT2D eigenvalue weighted by Crippen LogP contribution is -2.32. The molecule has 6 heteroatoms. The van der Waals surface area contributed by atoms with Gasteiger partial charge in [-0.3, -0.25) is 0 Å². The molecule has 0 amide bonds. The maximum atomic E-state index is 13.2. The predicted octanol–water partition coefficient (Wildman–Crippen LogP) is 0.0633. The maximum Gasteiger partial charge on any atom is 0.488 e. The quantitative estimate of drug-likeness (QED) is 0.733. The van der Waals surface area contributed by atoms with E-state index in [0.29, 0.717) is 12.4 Å². The van der Waals surface area contributed by atoms with E-state index in [1.54, 1.807) is 0 Å². The van der Waals surface area contributed by atoms with E-state index in [-0.39, 0.29) is 11.6 Å². The Labute approximate surface area is 99.1 Å². The van der Waals surface area contributed by atoms with Crippen LogP contribution in [0.15, 0.2) is 18.2 Å². The first-order valence-corrected chi connectivity index (χ1v) is 5.56. The van der Waals surface area contributed by atoms with E-state index >= 15 is 0 Å². The van der Waals surface area contributed by atoms with Gasteiger partial charge in [-0.05, 0) is 30.4 Å². The lowest BCUT2D eigenvalue weighted by molar-refractivity contribution is 0.00734. The van der Waals surface area contributed by atoms with Gasteiger partial charge in [-0.25, -0.2) is 4.39 Å². The molecule has 4 nitrogen and oxygen atoms in total. The third kappa shape index (κ3) is 3.42. The van der Waals surface area contributed by atoms with Gasteiger partial charge in [-0.2, -0.15) is 0 Å². The number of hydrogen-bond donors (Lipinski definition) is 2. The molecule has 2 N–H and O–H groups in total. The summed E-state index contributed by atoms with van der Waals surface area (Å²) in [5, 5.41) is 18.0. The minimum absolute atomic E-state index is 0.0803. The molecule has 92 valence electrons. The van der Waals surface area contributed by atoms with Crippen molar-refractivity contribution in [1.82, 2.24) is 0 Å². The van der Waals surface area contributed by atoms with Crippen LogP contribution in [0.2, 0.25) is 0 Å². The molecular formula is C11H14BFO4. The fourth-order valence-electron chi connectivity index (χ4n) is 1.80. The molecule has 1 aliphatic heterocycles. The van der Waals surface area contributed by atoms with Crippen molar-refractivity contribution in [2.45, 2.75) is 18.9 Å². The van der Waals surface area contributed by atoms with Crippen LogP contribution in [0.25, 0.3) is 0 Å². The summed E-state index contributed by atoms with van der Waals surface area (Å²) in [7, 11) is -1.70. The second-order valence-electron chi connectivity index (χ2n) is 4.05. The van der Waals surface area contributed by atoms with Crippen molar-refractivity contribution in [2.24, 2.45) is 0 Å². The highest BCUT2D eigenvalue weighted by Crippen LogP contribution is 2.17. The van der Waals surface area contributed by atoms with Crippen molar-refractivity contribution >= 4 is 12.6 Å². The lowest BCUT2D eigenvalue weighted by atomic mass is 9.80. The largest absolute Gasteiger partial charge is 0.488 e. The van der Waals surface area contributed by atoms with E-state index in [1.807, 2.05) is 0 Å². The Balaban J connectivity index is 2.09. The molecule has 0 aliphatic carbocycles. The second kappa shape index (κ2) is 5.49. The summed E-state index contributed by atoms with van der Waals surface area (Å²) in [4.78, 5) is 0. The molecule has 1 aliphatic rings. The van der Waals surface area contributed by atoms with E-state index in [9.17, 15) is 4.39 Å². The van der Waals surface area contributed by atoms with Crippen molar-refractivity contribution in [3.05, 3.63) is 24.0 Å². The van der Waals surface area contributed by atoms with Gasteiger partial charge in [0.05, 0.1) is 6.61 Å². The van der Waals surface area contributed by atoms with Gasteiger partial charge in [-0.15, -0.1) is 0 Å². The molecule has 0 radical (unpaired) electrons. The molecular weight excluding hydrogens is 226 g/mol. The van der Waals surface area contributed by atoms with Gasteiger partial charge < -0.3 is 19.5 Å². The van der Waals surface area contributed by atoms with Crippen LogP contribution in [0, 0.1) is 5.82 Å². The standard InChI is InChI=1S/C11H14BFO4/c13-9-4-8(12(14)15)5-11(6-9)17-10-2-1-3-16-7-10/h4-6,10,14-15H,1-3,7H2. The molecule has 0 aromatic heterocycles. The average molecular weight is 240 g/mol. The van der Waals surface area contributed by atoms with E-state index in [0.717, 1.165) is 25.5 Å². The molecule has 1 fully saturated rings. The highest BCUT2D eigenvalue weighted by Gasteiger charge is 2.18. The molecule has 0 spiro atoms. The van der Waals surface area contributed by atoms with Crippen LogP contribution in [0.5, 0.6) is 5.75 Å². The van der Waals surface area contributed by atoms with Crippen molar-refractivity contribution < 1.29 is 23.9 Å². The van der Waals surface area contributed by atoms with E-state index in [2.05, 4.69) is 0 Å². The van der Waals surface area contributed by atoms with Gasteiger partial charge in [-0.1, -0.05) is 0 Å². The zero-order valence-electron chi connectivity index (χ0n) is 9.30. The van der Waals surface area contributed by atoms with Crippen LogP contribution in [0.4, 0.5) is 4.39 Å². The van der Waals surface area contributed by atoms with Gasteiger partial charge in [0, 0.05) is 12.7 Å².